The van der Waals surface area contributed by atoms with Gasteiger partial charge in [-0.25, -0.2) is 0 Å². The third kappa shape index (κ3) is 4.93. The van der Waals surface area contributed by atoms with Crippen molar-refractivity contribution in [2.24, 2.45) is 5.92 Å². The molecule has 2 fully saturated rings. The van der Waals surface area contributed by atoms with E-state index >= 15 is 0 Å². The van der Waals surface area contributed by atoms with Gasteiger partial charge in [-0.15, -0.1) is 0 Å². The Morgan fingerprint density at radius 3 is 2.50 bits per heavy atom. The first-order chi connectivity index (χ1) is 12.8. The number of benzene rings is 1. The molecule has 3 rings (SSSR count). The van der Waals surface area contributed by atoms with Crippen LogP contribution in [-0.4, -0.2) is 36.6 Å². The molecular weight excluding hydrogens is 326 g/mol. The highest BCUT2D eigenvalue weighted by Crippen LogP contribution is 2.34. The SMILES string of the molecule is CCOc1ccccc1OCCCC(=O)N1CCC[C@@H]1C1CCCCC1. The van der Waals surface area contributed by atoms with Crippen LogP contribution in [0, 0.1) is 5.92 Å². The first kappa shape index (κ1) is 19.1. The quantitative estimate of drug-likeness (QED) is 0.625. The van der Waals surface area contributed by atoms with E-state index in [1.165, 1.54) is 44.9 Å². The number of hydrogen-bond acceptors (Lipinski definition) is 3. The van der Waals surface area contributed by atoms with E-state index in [9.17, 15) is 4.79 Å². The number of para-hydroxylation sites is 2. The van der Waals surface area contributed by atoms with Crippen LogP contribution in [0.5, 0.6) is 11.5 Å². The van der Waals surface area contributed by atoms with Crippen molar-refractivity contribution in [2.75, 3.05) is 19.8 Å². The molecule has 1 aliphatic heterocycles. The summed E-state index contributed by atoms with van der Waals surface area (Å²) in [5.74, 6) is 2.60. The van der Waals surface area contributed by atoms with Crippen molar-refractivity contribution in [2.45, 2.75) is 70.8 Å². The van der Waals surface area contributed by atoms with Gasteiger partial charge in [0.1, 0.15) is 0 Å². The van der Waals surface area contributed by atoms with E-state index in [0.29, 0.717) is 31.6 Å². The lowest BCUT2D eigenvalue weighted by Gasteiger charge is -2.34. The maximum atomic E-state index is 12.7. The van der Waals surface area contributed by atoms with Crippen LogP contribution in [-0.2, 0) is 4.79 Å². The number of carbonyl (C=O) groups is 1. The van der Waals surface area contributed by atoms with Gasteiger partial charge >= 0.3 is 0 Å². The molecule has 0 N–H and O–H groups in total. The van der Waals surface area contributed by atoms with Crippen LogP contribution in [0.1, 0.15) is 64.7 Å². The molecule has 1 saturated heterocycles. The van der Waals surface area contributed by atoms with Gasteiger partial charge in [-0.1, -0.05) is 31.4 Å². The Balaban J connectivity index is 1.44. The summed E-state index contributed by atoms with van der Waals surface area (Å²) >= 11 is 0. The predicted octanol–water partition coefficient (Wildman–Crippen LogP) is 4.82. The highest BCUT2D eigenvalue weighted by molar-refractivity contribution is 5.76. The normalized spacial score (nSPS) is 21.0. The van der Waals surface area contributed by atoms with Crippen molar-refractivity contribution >= 4 is 5.91 Å². The van der Waals surface area contributed by atoms with Crippen LogP contribution >= 0.6 is 0 Å². The van der Waals surface area contributed by atoms with Crippen LogP contribution in [0.25, 0.3) is 0 Å². The minimum atomic E-state index is 0.319. The Bertz CT molecular complexity index is 568. The Hall–Kier alpha value is -1.71. The fourth-order valence-corrected chi connectivity index (χ4v) is 4.50. The second-order valence-corrected chi connectivity index (χ2v) is 7.53. The highest BCUT2D eigenvalue weighted by atomic mass is 16.5. The van der Waals surface area contributed by atoms with Gasteiger partial charge in [0.05, 0.1) is 13.2 Å². The largest absolute Gasteiger partial charge is 0.490 e. The second kappa shape index (κ2) is 9.84. The van der Waals surface area contributed by atoms with Crippen LogP contribution in [0.3, 0.4) is 0 Å². The summed E-state index contributed by atoms with van der Waals surface area (Å²) in [7, 11) is 0. The molecule has 1 amide bonds. The fraction of sp³-hybridized carbons (Fsp3) is 0.682. The average molecular weight is 360 g/mol. The van der Waals surface area contributed by atoms with Crippen LogP contribution in [0.2, 0.25) is 0 Å². The molecule has 0 unspecified atom stereocenters. The molecule has 1 aliphatic carbocycles. The molecule has 4 nitrogen and oxygen atoms in total. The van der Waals surface area contributed by atoms with E-state index in [1.807, 2.05) is 31.2 Å². The number of carbonyl (C=O) groups excluding carboxylic acids is 1. The molecule has 4 heteroatoms. The summed E-state index contributed by atoms with van der Waals surface area (Å²) < 4.78 is 11.4. The lowest BCUT2D eigenvalue weighted by atomic mass is 9.83. The average Bonchev–Trinajstić information content (AvgIpc) is 3.17. The molecule has 0 bridgehead atoms. The van der Waals surface area contributed by atoms with Gasteiger partial charge in [0.2, 0.25) is 5.91 Å². The summed E-state index contributed by atoms with van der Waals surface area (Å²) in [6.45, 7) is 4.09. The lowest BCUT2D eigenvalue weighted by molar-refractivity contribution is -0.133. The maximum absolute atomic E-state index is 12.7. The van der Waals surface area contributed by atoms with Gasteiger partial charge in [0.15, 0.2) is 11.5 Å². The number of hydrogen-bond donors (Lipinski definition) is 0. The van der Waals surface area contributed by atoms with Gasteiger partial charge in [-0.05, 0) is 57.1 Å². The lowest BCUT2D eigenvalue weighted by Crippen LogP contribution is -2.40. The third-order valence-corrected chi connectivity index (χ3v) is 5.76. The Labute approximate surface area is 157 Å². The minimum Gasteiger partial charge on any atom is -0.490 e. The monoisotopic (exact) mass is 359 g/mol. The van der Waals surface area contributed by atoms with E-state index < -0.39 is 0 Å². The molecule has 144 valence electrons. The topological polar surface area (TPSA) is 38.8 Å². The Morgan fingerprint density at radius 1 is 1.04 bits per heavy atom. The van der Waals surface area contributed by atoms with E-state index in [4.69, 9.17) is 9.47 Å². The summed E-state index contributed by atoms with van der Waals surface area (Å²) in [6.07, 6.45) is 10.4. The molecule has 26 heavy (non-hydrogen) atoms. The second-order valence-electron chi connectivity index (χ2n) is 7.53. The van der Waals surface area contributed by atoms with Crippen molar-refractivity contribution in [3.63, 3.8) is 0 Å². The molecule has 1 aromatic rings. The van der Waals surface area contributed by atoms with E-state index in [0.717, 1.165) is 30.4 Å². The minimum absolute atomic E-state index is 0.319. The maximum Gasteiger partial charge on any atom is 0.222 e. The van der Waals surface area contributed by atoms with Crippen molar-refractivity contribution in [3.8, 4) is 11.5 Å². The van der Waals surface area contributed by atoms with E-state index in [1.54, 1.807) is 0 Å². The molecular formula is C22H33NO3. The molecule has 2 aliphatic rings. The van der Waals surface area contributed by atoms with Crippen molar-refractivity contribution in [1.82, 2.24) is 4.90 Å². The molecule has 1 aromatic carbocycles. The van der Waals surface area contributed by atoms with E-state index in [-0.39, 0.29) is 0 Å². The fourth-order valence-electron chi connectivity index (χ4n) is 4.50. The molecule has 0 aromatic heterocycles. The zero-order valence-electron chi connectivity index (χ0n) is 16.1. The van der Waals surface area contributed by atoms with Crippen molar-refractivity contribution in [1.29, 1.82) is 0 Å². The van der Waals surface area contributed by atoms with Crippen molar-refractivity contribution in [3.05, 3.63) is 24.3 Å². The van der Waals surface area contributed by atoms with Gasteiger partial charge in [-0.2, -0.15) is 0 Å². The summed E-state index contributed by atoms with van der Waals surface area (Å²) in [6, 6.07) is 8.24. The van der Waals surface area contributed by atoms with Gasteiger partial charge in [0.25, 0.3) is 0 Å². The standard InChI is InChI=1S/C22H33NO3/c1-2-25-20-13-6-7-14-21(20)26-17-9-15-22(24)23-16-8-12-19(23)18-10-4-3-5-11-18/h6-7,13-14,18-19H,2-5,8-12,15-17H2,1H3/t19-/m1/s1. The Morgan fingerprint density at radius 2 is 1.77 bits per heavy atom. The van der Waals surface area contributed by atoms with Gasteiger partial charge in [-0.3, -0.25) is 4.79 Å². The van der Waals surface area contributed by atoms with Crippen LogP contribution in [0.4, 0.5) is 0 Å². The number of ether oxygens (including phenoxy) is 2. The zero-order chi connectivity index (χ0) is 18.2. The number of nitrogens with zero attached hydrogens (tertiary/aromatic N) is 1. The summed E-state index contributed by atoms with van der Waals surface area (Å²) in [4.78, 5) is 14.9. The van der Waals surface area contributed by atoms with Crippen molar-refractivity contribution < 1.29 is 14.3 Å². The van der Waals surface area contributed by atoms with Crippen LogP contribution in [0.15, 0.2) is 24.3 Å². The van der Waals surface area contributed by atoms with Crippen LogP contribution < -0.4 is 9.47 Å². The molecule has 0 radical (unpaired) electrons. The smallest absolute Gasteiger partial charge is 0.222 e. The third-order valence-electron chi connectivity index (χ3n) is 5.76. The van der Waals surface area contributed by atoms with Gasteiger partial charge in [0, 0.05) is 19.0 Å². The number of amides is 1. The Kier molecular flexibility index (Phi) is 7.22. The summed E-state index contributed by atoms with van der Waals surface area (Å²) in [5.41, 5.74) is 0. The number of rotatable bonds is 8. The molecule has 1 atom stereocenters. The number of likely N-dealkylation sites (tertiary alicyclic amines) is 1. The predicted molar refractivity (Wildman–Crippen MR) is 104 cm³/mol. The first-order valence-electron chi connectivity index (χ1n) is 10.4. The van der Waals surface area contributed by atoms with E-state index in [2.05, 4.69) is 4.90 Å². The zero-order valence-corrected chi connectivity index (χ0v) is 16.1. The molecule has 1 heterocycles. The molecule has 1 saturated carbocycles. The summed E-state index contributed by atoms with van der Waals surface area (Å²) in [5, 5.41) is 0. The van der Waals surface area contributed by atoms with Gasteiger partial charge < -0.3 is 14.4 Å². The molecule has 0 spiro atoms. The highest BCUT2D eigenvalue weighted by Gasteiger charge is 2.34. The first-order valence-corrected chi connectivity index (χ1v) is 10.4.